The average Bonchev–Trinajstić information content (AvgIpc) is 2.95. The standard InChI is InChI=1S/C16H20N4O2S.ClH/c1-16(2,3)20-14(21)10-5-4-6-11(7-10)18-15(22)12-9-23-13(8-17)19-12;/h4-7,9H,8,17H2,1-3H3,(H,18,22)(H,20,21);1H. The van der Waals surface area contributed by atoms with Gasteiger partial charge in [0.2, 0.25) is 0 Å². The van der Waals surface area contributed by atoms with Crippen LogP contribution in [0.15, 0.2) is 29.6 Å². The molecule has 0 fully saturated rings. The molecule has 0 radical (unpaired) electrons. The lowest BCUT2D eigenvalue weighted by molar-refractivity contribution is 0.0918. The molecule has 0 saturated carbocycles. The fourth-order valence-electron chi connectivity index (χ4n) is 1.86. The van der Waals surface area contributed by atoms with E-state index >= 15 is 0 Å². The number of benzene rings is 1. The van der Waals surface area contributed by atoms with Crippen LogP contribution in [0.2, 0.25) is 0 Å². The zero-order valence-electron chi connectivity index (χ0n) is 13.8. The van der Waals surface area contributed by atoms with Gasteiger partial charge in [-0.3, -0.25) is 9.59 Å². The van der Waals surface area contributed by atoms with Crippen molar-refractivity contribution in [2.75, 3.05) is 5.32 Å². The highest BCUT2D eigenvalue weighted by atomic mass is 35.5. The van der Waals surface area contributed by atoms with Crippen molar-refractivity contribution in [1.29, 1.82) is 0 Å². The number of nitrogens with zero attached hydrogens (tertiary/aromatic N) is 1. The quantitative estimate of drug-likeness (QED) is 0.772. The summed E-state index contributed by atoms with van der Waals surface area (Å²) in [4.78, 5) is 28.4. The van der Waals surface area contributed by atoms with Crippen molar-refractivity contribution in [3.05, 3.63) is 45.9 Å². The molecule has 8 heteroatoms. The number of anilines is 1. The largest absolute Gasteiger partial charge is 0.347 e. The third-order valence-corrected chi connectivity index (χ3v) is 3.70. The van der Waals surface area contributed by atoms with Gasteiger partial charge in [-0.05, 0) is 39.0 Å². The molecule has 0 saturated heterocycles. The fourth-order valence-corrected chi connectivity index (χ4v) is 2.51. The number of hydrogen-bond acceptors (Lipinski definition) is 5. The maximum absolute atomic E-state index is 12.2. The molecule has 0 aliphatic heterocycles. The first kappa shape index (κ1) is 20.1. The van der Waals surface area contributed by atoms with Crippen LogP contribution in [0.3, 0.4) is 0 Å². The number of hydrogen-bond donors (Lipinski definition) is 3. The monoisotopic (exact) mass is 368 g/mol. The van der Waals surface area contributed by atoms with E-state index in [2.05, 4.69) is 15.6 Å². The first-order valence-corrected chi connectivity index (χ1v) is 8.05. The molecule has 0 aliphatic carbocycles. The minimum Gasteiger partial charge on any atom is -0.347 e. The Hall–Kier alpha value is -1.96. The maximum Gasteiger partial charge on any atom is 0.275 e. The molecule has 2 amide bonds. The summed E-state index contributed by atoms with van der Waals surface area (Å²) in [6.45, 7) is 6.04. The third kappa shape index (κ3) is 5.59. The minimum atomic E-state index is -0.325. The molecular weight excluding hydrogens is 348 g/mol. The van der Waals surface area contributed by atoms with Crippen LogP contribution in [0.25, 0.3) is 0 Å². The lowest BCUT2D eigenvalue weighted by Gasteiger charge is -2.20. The average molecular weight is 369 g/mol. The summed E-state index contributed by atoms with van der Waals surface area (Å²) in [6, 6.07) is 6.78. The van der Waals surface area contributed by atoms with E-state index in [1.165, 1.54) is 11.3 Å². The zero-order valence-corrected chi connectivity index (χ0v) is 15.4. The first-order chi connectivity index (χ1) is 10.8. The Morgan fingerprint density at radius 1 is 1.25 bits per heavy atom. The topological polar surface area (TPSA) is 97.1 Å². The van der Waals surface area contributed by atoms with E-state index in [0.29, 0.717) is 28.5 Å². The third-order valence-electron chi connectivity index (χ3n) is 2.83. The number of rotatable bonds is 4. The van der Waals surface area contributed by atoms with Gasteiger partial charge in [-0.1, -0.05) is 6.07 Å². The van der Waals surface area contributed by atoms with E-state index in [1.54, 1.807) is 29.6 Å². The van der Waals surface area contributed by atoms with Gasteiger partial charge in [0.15, 0.2) is 0 Å². The summed E-state index contributed by atoms with van der Waals surface area (Å²) in [5.41, 5.74) is 6.51. The Labute approximate surface area is 151 Å². The van der Waals surface area contributed by atoms with Gasteiger partial charge in [0.25, 0.3) is 11.8 Å². The molecule has 0 aliphatic rings. The van der Waals surface area contributed by atoms with E-state index in [-0.39, 0.29) is 29.8 Å². The van der Waals surface area contributed by atoms with Gasteiger partial charge in [0.1, 0.15) is 10.7 Å². The van der Waals surface area contributed by atoms with Gasteiger partial charge in [-0.25, -0.2) is 4.98 Å². The molecule has 2 rings (SSSR count). The lowest BCUT2D eigenvalue weighted by Crippen LogP contribution is -2.40. The van der Waals surface area contributed by atoms with Crippen LogP contribution in [0.5, 0.6) is 0 Å². The van der Waals surface area contributed by atoms with Crippen LogP contribution in [0.1, 0.15) is 46.6 Å². The van der Waals surface area contributed by atoms with Gasteiger partial charge in [0, 0.05) is 28.7 Å². The summed E-state index contributed by atoms with van der Waals surface area (Å²) in [5.74, 6) is -0.512. The van der Waals surface area contributed by atoms with Crippen molar-refractivity contribution in [3.63, 3.8) is 0 Å². The van der Waals surface area contributed by atoms with E-state index in [1.807, 2.05) is 20.8 Å². The molecule has 130 valence electrons. The molecule has 1 aromatic carbocycles. The van der Waals surface area contributed by atoms with Crippen molar-refractivity contribution in [1.82, 2.24) is 10.3 Å². The summed E-state index contributed by atoms with van der Waals surface area (Å²) in [7, 11) is 0. The highest BCUT2D eigenvalue weighted by Crippen LogP contribution is 2.15. The Morgan fingerprint density at radius 3 is 2.54 bits per heavy atom. The van der Waals surface area contributed by atoms with Gasteiger partial charge >= 0.3 is 0 Å². The van der Waals surface area contributed by atoms with E-state index < -0.39 is 0 Å². The smallest absolute Gasteiger partial charge is 0.275 e. The van der Waals surface area contributed by atoms with Crippen LogP contribution in [0, 0.1) is 0 Å². The van der Waals surface area contributed by atoms with Gasteiger partial charge in [-0.15, -0.1) is 23.7 Å². The number of nitrogens with two attached hydrogens (primary N) is 1. The van der Waals surface area contributed by atoms with Gasteiger partial charge in [0.05, 0.1) is 0 Å². The molecule has 0 bridgehead atoms. The summed E-state index contributed by atoms with van der Waals surface area (Å²) < 4.78 is 0. The number of halogens is 1. The van der Waals surface area contributed by atoms with Crippen LogP contribution < -0.4 is 16.4 Å². The molecular formula is C16H21ClN4O2S. The maximum atomic E-state index is 12.2. The number of thiazole rings is 1. The summed E-state index contributed by atoms with van der Waals surface area (Å²) in [6.07, 6.45) is 0. The van der Waals surface area contributed by atoms with Crippen molar-refractivity contribution in [2.45, 2.75) is 32.9 Å². The molecule has 4 N–H and O–H groups in total. The molecule has 0 spiro atoms. The summed E-state index contributed by atoms with van der Waals surface area (Å²) in [5, 5.41) is 7.98. The number of aromatic nitrogens is 1. The molecule has 6 nitrogen and oxygen atoms in total. The SMILES string of the molecule is CC(C)(C)NC(=O)c1cccc(NC(=O)c2csc(CN)n2)c1.Cl. The molecule has 24 heavy (non-hydrogen) atoms. The van der Waals surface area contributed by atoms with E-state index in [9.17, 15) is 9.59 Å². The highest BCUT2D eigenvalue weighted by molar-refractivity contribution is 7.09. The van der Waals surface area contributed by atoms with E-state index in [4.69, 9.17) is 5.73 Å². The Balaban J connectivity index is 0.00000288. The van der Waals surface area contributed by atoms with Crippen molar-refractivity contribution in [2.24, 2.45) is 5.73 Å². The van der Waals surface area contributed by atoms with Crippen molar-refractivity contribution < 1.29 is 9.59 Å². The Morgan fingerprint density at radius 2 is 1.96 bits per heavy atom. The predicted octanol–water partition coefficient (Wildman–Crippen LogP) is 2.80. The Bertz CT molecular complexity index is 725. The van der Waals surface area contributed by atoms with Crippen LogP contribution >= 0.6 is 23.7 Å². The predicted molar refractivity (Wildman–Crippen MR) is 98.9 cm³/mol. The minimum absolute atomic E-state index is 0. The number of nitrogens with one attached hydrogen (secondary N) is 2. The number of amides is 2. The lowest BCUT2D eigenvalue weighted by atomic mass is 10.1. The number of carbonyl (C=O) groups is 2. The normalized spacial score (nSPS) is 10.7. The van der Waals surface area contributed by atoms with E-state index in [0.717, 1.165) is 0 Å². The zero-order chi connectivity index (χ0) is 17.0. The molecule has 0 atom stereocenters. The summed E-state index contributed by atoms with van der Waals surface area (Å²) >= 11 is 1.34. The number of carbonyl (C=O) groups excluding carboxylic acids is 2. The molecule has 1 heterocycles. The molecule has 1 aromatic heterocycles. The molecule has 2 aromatic rings. The highest BCUT2D eigenvalue weighted by Gasteiger charge is 2.16. The second-order valence-electron chi connectivity index (χ2n) is 6.07. The van der Waals surface area contributed by atoms with Crippen LogP contribution in [0.4, 0.5) is 5.69 Å². The molecule has 0 unspecified atom stereocenters. The van der Waals surface area contributed by atoms with Crippen LogP contribution in [-0.2, 0) is 6.54 Å². The first-order valence-electron chi connectivity index (χ1n) is 7.17. The second kappa shape index (κ2) is 8.23. The van der Waals surface area contributed by atoms with Gasteiger partial charge in [-0.2, -0.15) is 0 Å². The Kier molecular flexibility index (Phi) is 6.89. The van der Waals surface area contributed by atoms with Crippen molar-refractivity contribution >= 4 is 41.2 Å². The van der Waals surface area contributed by atoms with Crippen molar-refractivity contribution in [3.8, 4) is 0 Å². The second-order valence-corrected chi connectivity index (χ2v) is 7.01. The fraction of sp³-hybridized carbons (Fsp3) is 0.312. The van der Waals surface area contributed by atoms with Gasteiger partial charge < -0.3 is 16.4 Å². The van der Waals surface area contributed by atoms with Crippen LogP contribution in [-0.4, -0.2) is 22.3 Å².